The van der Waals surface area contributed by atoms with Crippen LogP contribution in [0.5, 0.6) is 0 Å². The van der Waals surface area contributed by atoms with Gasteiger partial charge < -0.3 is 5.32 Å². The van der Waals surface area contributed by atoms with E-state index in [-0.39, 0.29) is 41.6 Å². The molecular weight excluding hydrogens is 424 g/mol. The summed E-state index contributed by atoms with van der Waals surface area (Å²) in [5.74, 6) is -0.455. The summed E-state index contributed by atoms with van der Waals surface area (Å²) in [4.78, 5) is 24.2. The van der Waals surface area contributed by atoms with Crippen LogP contribution >= 0.6 is 11.6 Å². The molecular formula is C22H25ClN2O4S. The first kappa shape index (κ1) is 22.5. The van der Waals surface area contributed by atoms with Crippen molar-refractivity contribution in [2.75, 3.05) is 13.1 Å². The molecule has 160 valence electrons. The Morgan fingerprint density at radius 1 is 1.07 bits per heavy atom. The average Bonchev–Trinajstić information content (AvgIpc) is 2.74. The summed E-state index contributed by atoms with van der Waals surface area (Å²) in [6.45, 7) is 3.86. The van der Waals surface area contributed by atoms with E-state index in [1.165, 1.54) is 35.5 Å². The number of carbonyl (C=O) groups excluding carboxylic acids is 2. The van der Waals surface area contributed by atoms with Crippen LogP contribution in [0.3, 0.4) is 0 Å². The minimum Gasteiger partial charge on any atom is -0.349 e. The van der Waals surface area contributed by atoms with Crippen molar-refractivity contribution in [3.63, 3.8) is 0 Å². The van der Waals surface area contributed by atoms with Gasteiger partial charge in [-0.05, 0) is 50.5 Å². The lowest BCUT2D eigenvalue weighted by molar-refractivity contribution is -0.126. The summed E-state index contributed by atoms with van der Waals surface area (Å²) in [6, 6.07) is 13.1. The largest absolute Gasteiger partial charge is 0.349 e. The second-order valence-electron chi connectivity index (χ2n) is 7.51. The van der Waals surface area contributed by atoms with Gasteiger partial charge in [-0.3, -0.25) is 9.59 Å². The van der Waals surface area contributed by atoms with Crippen LogP contribution in [-0.4, -0.2) is 37.5 Å². The van der Waals surface area contributed by atoms with Crippen molar-refractivity contribution in [2.24, 2.45) is 5.92 Å². The van der Waals surface area contributed by atoms with Gasteiger partial charge in [0.15, 0.2) is 5.78 Å². The van der Waals surface area contributed by atoms with Crippen molar-refractivity contribution in [1.82, 2.24) is 9.62 Å². The summed E-state index contributed by atoms with van der Waals surface area (Å²) >= 11 is 6.20. The third kappa shape index (κ3) is 4.91. The number of sulfonamides is 1. The summed E-state index contributed by atoms with van der Waals surface area (Å²) in [5, 5.41) is 3.58. The van der Waals surface area contributed by atoms with E-state index in [9.17, 15) is 18.0 Å². The Balaban J connectivity index is 1.60. The number of rotatable bonds is 6. The third-order valence-electron chi connectivity index (χ3n) is 5.45. The monoisotopic (exact) mass is 448 g/mol. The minimum absolute atomic E-state index is 0.0923. The fourth-order valence-electron chi connectivity index (χ4n) is 3.60. The second kappa shape index (κ2) is 9.29. The van der Waals surface area contributed by atoms with E-state index in [1.807, 2.05) is 25.1 Å². The first-order chi connectivity index (χ1) is 14.2. The molecule has 3 rings (SSSR count). The molecule has 0 aromatic heterocycles. The third-order valence-corrected chi connectivity index (χ3v) is 7.71. The van der Waals surface area contributed by atoms with Gasteiger partial charge in [0.25, 0.3) is 0 Å². The number of hydrogen-bond acceptors (Lipinski definition) is 4. The number of halogens is 1. The number of ketones is 1. The molecule has 2 aromatic carbocycles. The van der Waals surface area contributed by atoms with Crippen LogP contribution in [0, 0.1) is 5.92 Å². The molecule has 8 heteroatoms. The summed E-state index contributed by atoms with van der Waals surface area (Å²) in [6.07, 6.45) is 0.900. The smallest absolute Gasteiger partial charge is 0.243 e. The molecule has 6 nitrogen and oxygen atoms in total. The maximum Gasteiger partial charge on any atom is 0.243 e. The molecule has 1 aliphatic rings. The second-order valence-corrected chi connectivity index (χ2v) is 9.86. The number of amides is 1. The first-order valence-electron chi connectivity index (χ1n) is 9.86. The van der Waals surface area contributed by atoms with Crippen molar-refractivity contribution in [2.45, 2.75) is 37.6 Å². The van der Waals surface area contributed by atoms with Gasteiger partial charge in [0.05, 0.1) is 10.9 Å². The molecule has 0 bridgehead atoms. The van der Waals surface area contributed by atoms with Crippen LogP contribution in [0.4, 0.5) is 0 Å². The summed E-state index contributed by atoms with van der Waals surface area (Å²) in [5.41, 5.74) is 1.32. The first-order valence-corrected chi connectivity index (χ1v) is 11.7. The molecule has 30 heavy (non-hydrogen) atoms. The molecule has 1 aliphatic heterocycles. The molecule has 1 atom stereocenters. The van der Waals surface area contributed by atoms with E-state index in [4.69, 9.17) is 11.6 Å². The van der Waals surface area contributed by atoms with Crippen LogP contribution in [0.15, 0.2) is 53.4 Å². The highest BCUT2D eigenvalue weighted by atomic mass is 35.5. The molecule has 1 N–H and O–H groups in total. The van der Waals surface area contributed by atoms with Gasteiger partial charge in [-0.1, -0.05) is 41.9 Å². The van der Waals surface area contributed by atoms with Gasteiger partial charge in [0.2, 0.25) is 15.9 Å². The molecule has 2 aromatic rings. The maximum atomic E-state index is 12.9. The molecule has 1 fully saturated rings. The summed E-state index contributed by atoms with van der Waals surface area (Å²) < 4.78 is 27.1. The number of hydrogen-bond donors (Lipinski definition) is 1. The Kier molecular flexibility index (Phi) is 6.95. The van der Waals surface area contributed by atoms with Crippen molar-refractivity contribution in [3.05, 3.63) is 64.7 Å². The maximum absolute atomic E-state index is 12.9. The molecule has 0 aliphatic carbocycles. The van der Waals surface area contributed by atoms with Crippen molar-refractivity contribution in [1.29, 1.82) is 0 Å². The van der Waals surface area contributed by atoms with Crippen molar-refractivity contribution in [3.8, 4) is 0 Å². The van der Waals surface area contributed by atoms with Crippen LogP contribution in [-0.2, 0) is 14.8 Å². The Bertz CT molecular complexity index is 1030. The highest BCUT2D eigenvalue weighted by Gasteiger charge is 2.32. The number of nitrogens with zero attached hydrogens (tertiary/aromatic N) is 1. The van der Waals surface area contributed by atoms with Crippen molar-refractivity contribution < 1.29 is 18.0 Å². The van der Waals surface area contributed by atoms with Gasteiger partial charge in [-0.2, -0.15) is 4.31 Å². The van der Waals surface area contributed by atoms with E-state index in [1.54, 1.807) is 6.07 Å². The lowest BCUT2D eigenvalue weighted by Gasteiger charge is -2.31. The molecule has 0 radical (unpaired) electrons. The zero-order chi connectivity index (χ0) is 21.9. The van der Waals surface area contributed by atoms with Gasteiger partial charge >= 0.3 is 0 Å². The number of carbonyl (C=O) groups is 2. The van der Waals surface area contributed by atoms with Gasteiger partial charge in [-0.25, -0.2) is 8.42 Å². The van der Waals surface area contributed by atoms with Crippen LogP contribution < -0.4 is 5.32 Å². The lowest BCUT2D eigenvalue weighted by Crippen LogP contribution is -2.43. The molecule has 0 spiro atoms. The average molecular weight is 449 g/mol. The highest BCUT2D eigenvalue weighted by Crippen LogP contribution is 2.26. The predicted octanol–water partition coefficient (Wildman–Crippen LogP) is 3.82. The quantitative estimate of drug-likeness (QED) is 0.681. The molecule has 1 heterocycles. The standard InChI is InChI=1S/C22H25ClN2O4S/c1-15(20-5-3-4-6-21(20)23)24-22(27)18-11-13-25(14-12-18)30(28,29)19-9-7-17(8-10-19)16(2)26/h3-10,15,18H,11-14H2,1-2H3,(H,24,27). The fourth-order valence-corrected chi connectivity index (χ4v) is 5.37. The number of Topliss-reactive ketones (excluding diaryl/α,β-unsaturated/α-hetero) is 1. The Morgan fingerprint density at radius 2 is 1.67 bits per heavy atom. The topological polar surface area (TPSA) is 83.6 Å². The molecule has 1 amide bonds. The number of nitrogens with one attached hydrogen (secondary N) is 1. The van der Waals surface area contributed by atoms with Gasteiger partial charge in [0.1, 0.15) is 0 Å². The zero-order valence-corrected chi connectivity index (χ0v) is 18.5. The van der Waals surface area contributed by atoms with E-state index in [0.29, 0.717) is 23.4 Å². The SMILES string of the molecule is CC(=O)c1ccc(S(=O)(=O)N2CCC(C(=O)NC(C)c3ccccc3Cl)CC2)cc1. The lowest BCUT2D eigenvalue weighted by atomic mass is 9.96. The van der Waals surface area contributed by atoms with Crippen LogP contribution in [0.25, 0.3) is 0 Å². The van der Waals surface area contributed by atoms with E-state index >= 15 is 0 Å². The fraction of sp³-hybridized carbons (Fsp3) is 0.364. The zero-order valence-electron chi connectivity index (χ0n) is 17.0. The van der Waals surface area contributed by atoms with Crippen LogP contribution in [0.1, 0.15) is 48.7 Å². The molecule has 1 saturated heterocycles. The summed E-state index contributed by atoms with van der Waals surface area (Å²) in [7, 11) is -3.65. The number of benzene rings is 2. The number of piperidine rings is 1. The van der Waals surface area contributed by atoms with Gasteiger partial charge in [0, 0.05) is 29.6 Å². The minimum atomic E-state index is -3.65. The highest BCUT2D eigenvalue weighted by molar-refractivity contribution is 7.89. The van der Waals surface area contributed by atoms with E-state index in [0.717, 1.165) is 5.56 Å². The Morgan fingerprint density at radius 3 is 2.23 bits per heavy atom. The Labute approximate surface area is 182 Å². The van der Waals surface area contributed by atoms with E-state index in [2.05, 4.69) is 5.32 Å². The normalized spacial score (nSPS) is 16.8. The Hall–Kier alpha value is -2.22. The predicted molar refractivity (Wildman–Crippen MR) is 116 cm³/mol. The van der Waals surface area contributed by atoms with Crippen molar-refractivity contribution >= 4 is 33.3 Å². The molecule has 1 unspecified atom stereocenters. The molecule has 0 saturated carbocycles. The van der Waals surface area contributed by atoms with Crippen LogP contribution in [0.2, 0.25) is 5.02 Å². The van der Waals surface area contributed by atoms with Gasteiger partial charge in [-0.15, -0.1) is 0 Å². The van der Waals surface area contributed by atoms with E-state index < -0.39 is 10.0 Å².